The Morgan fingerprint density at radius 3 is 2.38 bits per heavy atom. The third kappa shape index (κ3) is 7.53. The first kappa shape index (κ1) is 25.7. The fourth-order valence-corrected chi connectivity index (χ4v) is 3.84. The molecule has 2 unspecified atom stereocenters. The van der Waals surface area contributed by atoms with Crippen molar-refractivity contribution >= 4 is 17.9 Å². The van der Waals surface area contributed by atoms with Gasteiger partial charge in [0.05, 0.1) is 0 Å². The summed E-state index contributed by atoms with van der Waals surface area (Å²) in [7, 11) is 0. The van der Waals surface area contributed by atoms with Gasteiger partial charge in [-0.05, 0) is 71.9 Å². The molecule has 0 saturated heterocycles. The standard InChI is InChI=1S/C25H39N3O4/c1-8-9-18(4)27-23(30)22(20-13-10-16(2)14-17(20)3)28(19-11-12-19)21(29)15-26-24(31)32-25(5,6)7/h10,13-14,18-19,22H,8-9,11-12,15H2,1-7H3,(H,26,31)(H,27,30). The molecule has 0 radical (unpaired) electrons. The first-order chi connectivity index (χ1) is 14.9. The van der Waals surface area contributed by atoms with E-state index in [2.05, 4.69) is 17.6 Å². The molecule has 1 aliphatic carbocycles. The summed E-state index contributed by atoms with van der Waals surface area (Å²) in [6, 6.07) is 5.18. The van der Waals surface area contributed by atoms with Gasteiger partial charge in [0.2, 0.25) is 11.8 Å². The number of aryl methyl sites for hydroxylation is 2. The summed E-state index contributed by atoms with van der Waals surface area (Å²) in [5.41, 5.74) is 2.22. The van der Waals surface area contributed by atoms with Crippen molar-refractivity contribution in [3.05, 3.63) is 34.9 Å². The van der Waals surface area contributed by atoms with Crippen LogP contribution in [0.2, 0.25) is 0 Å². The van der Waals surface area contributed by atoms with Crippen molar-refractivity contribution in [1.82, 2.24) is 15.5 Å². The molecule has 0 spiro atoms. The molecule has 0 aromatic heterocycles. The van der Waals surface area contributed by atoms with Crippen molar-refractivity contribution in [1.29, 1.82) is 0 Å². The van der Waals surface area contributed by atoms with Crippen LogP contribution in [0.15, 0.2) is 18.2 Å². The van der Waals surface area contributed by atoms with Crippen molar-refractivity contribution in [2.75, 3.05) is 6.54 Å². The van der Waals surface area contributed by atoms with Gasteiger partial charge < -0.3 is 20.3 Å². The maximum atomic E-state index is 13.5. The fraction of sp³-hybridized carbons (Fsp3) is 0.640. The molecule has 0 heterocycles. The van der Waals surface area contributed by atoms with Crippen LogP contribution >= 0.6 is 0 Å². The molecule has 0 bridgehead atoms. The number of amides is 3. The van der Waals surface area contributed by atoms with Crippen LogP contribution in [0, 0.1) is 13.8 Å². The van der Waals surface area contributed by atoms with E-state index < -0.39 is 17.7 Å². The Kier molecular flexibility index (Phi) is 8.70. The van der Waals surface area contributed by atoms with Crippen molar-refractivity contribution < 1.29 is 19.1 Å². The van der Waals surface area contributed by atoms with E-state index in [-0.39, 0.29) is 30.4 Å². The van der Waals surface area contributed by atoms with Crippen molar-refractivity contribution in [3.63, 3.8) is 0 Å². The quantitative estimate of drug-likeness (QED) is 0.597. The summed E-state index contributed by atoms with van der Waals surface area (Å²) in [4.78, 5) is 40.5. The molecule has 3 amide bonds. The second kappa shape index (κ2) is 10.8. The normalized spacial score (nSPS) is 15.5. The predicted molar refractivity (Wildman–Crippen MR) is 125 cm³/mol. The van der Waals surface area contributed by atoms with Crippen LogP contribution in [0.5, 0.6) is 0 Å². The zero-order valence-corrected chi connectivity index (χ0v) is 20.6. The Morgan fingerprint density at radius 2 is 1.84 bits per heavy atom. The van der Waals surface area contributed by atoms with E-state index in [1.54, 1.807) is 25.7 Å². The van der Waals surface area contributed by atoms with Crippen LogP contribution < -0.4 is 10.6 Å². The average molecular weight is 446 g/mol. The van der Waals surface area contributed by atoms with Gasteiger partial charge in [0.1, 0.15) is 18.2 Å². The number of ether oxygens (including phenoxy) is 1. The van der Waals surface area contributed by atoms with E-state index in [0.29, 0.717) is 0 Å². The van der Waals surface area contributed by atoms with Gasteiger partial charge in [-0.15, -0.1) is 0 Å². The molecule has 1 aliphatic rings. The summed E-state index contributed by atoms with van der Waals surface area (Å²) >= 11 is 0. The lowest BCUT2D eigenvalue weighted by Gasteiger charge is -2.33. The highest BCUT2D eigenvalue weighted by Crippen LogP contribution is 2.36. The molecule has 32 heavy (non-hydrogen) atoms. The minimum Gasteiger partial charge on any atom is -0.444 e. The lowest BCUT2D eigenvalue weighted by Crippen LogP contribution is -2.50. The van der Waals surface area contributed by atoms with Crippen molar-refractivity contribution in [2.45, 2.75) is 97.9 Å². The summed E-state index contributed by atoms with van der Waals surface area (Å²) in [5, 5.41) is 5.64. The first-order valence-corrected chi connectivity index (χ1v) is 11.6. The molecule has 2 rings (SSSR count). The summed E-state index contributed by atoms with van der Waals surface area (Å²) in [6.45, 7) is 13.1. The summed E-state index contributed by atoms with van der Waals surface area (Å²) in [6.07, 6.45) is 2.86. The lowest BCUT2D eigenvalue weighted by molar-refractivity contribution is -0.141. The SMILES string of the molecule is CCCC(C)NC(=O)C(c1ccc(C)cc1C)N(C(=O)CNC(=O)OC(C)(C)C)C1CC1. The molecule has 7 nitrogen and oxygen atoms in total. The van der Waals surface area contributed by atoms with Gasteiger partial charge in [-0.2, -0.15) is 0 Å². The number of rotatable bonds is 9. The summed E-state index contributed by atoms with van der Waals surface area (Å²) in [5.74, 6) is -0.475. The van der Waals surface area contributed by atoms with Crippen LogP contribution in [0.4, 0.5) is 4.79 Å². The third-order valence-electron chi connectivity index (χ3n) is 5.37. The van der Waals surface area contributed by atoms with Crippen LogP contribution in [0.25, 0.3) is 0 Å². The summed E-state index contributed by atoms with van der Waals surface area (Å²) < 4.78 is 5.25. The van der Waals surface area contributed by atoms with E-state index in [9.17, 15) is 14.4 Å². The molecule has 1 saturated carbocycles. The molecular formula is C25H39N3O4. The van der Waals surface area contributed by atoms with Gasteiger partial charge in [0.25, 0.3) is 0 Å². The molecule has 2 atom stereocenters. The Morgan fingerprint density at radius 1 is 1.19 bits per heavy atom. The zero-order chi connectivity index (χ0) is 24.1. The van der Waals surface area contributed by atoms with E-state index in [4.69, 9.17) is 4.74 Å². The number of nitrogens with one attached hydrogen (secondary N) is 2. The van der Waals surface area contributed by atoms with E-state index in [1.807, 2.05) is 39.0 Å². The molecule has 1 fully saturated rings. The predicted octanol–water partition coefficient (Wildman–Crippen LogP) is 4.17. The molecule has 0 aliphatic heterocycles. The highest BCUT2D eigenvalue weighted by Gasteiger charge is 2.42. The lowest BCUT2D eigenvalue weighted by atomic mass is 9.96. The topological polar surface area (TPSA) is 87.7 Å². The minimum atomic E-state index is -0.740. The Bertz CT molecular complexity index is 827. The van der Waals surface area contributed by atoms with Crippen LogP contribution in [0.1, 0.15) is 83.0 Å². The van der Waals surface area contributed by atoms with Crippen LogP contribution in [-0.2, 0) is 14.3 Å². The first-order valence-electron chi connectivity index (χ1n) is 11.6. The second-order valence-electron chi connectivity index (χ2n) is 9.85. The van der Waals surface area contributed by atoms with Gasteiger partial charge in [-0.3, -0.25) is 9.59 Å². The third-order valence-corrected chi connectivity index (χ3v) is 5.37. The largest absolute Gasteiger partial charge is 0.444 e. The van der Waals surface area contributed by atoms with Crippen LogP contribution in [0.3, 0.4) is 0 Å². The molecule has 178 valence electrons. The van der Waals surface area contributed by atoms with Gasteiger partial charge >= 0.3 is 6.09 Å². The Hall–Kier alpha value is -2.57. The monoisotopic (exact) mass is 445 g/mol. The van der Waals surface area contributed by atoms with E-state index in [0.717, 1.165) is 42.4 Å². The van der Waals surface area contributed by atoms with E-state index >= 15 is 0 Å². The van der Waals surface area contributed by atoms with Gasteiger partial charge in [-0.25, -0.2) is 4.79 Å². The number of benzene rings is 1. The Labute approximate surface area is 192 Å². The smallest absolute Gasteiger partial charge is 0.408 e. The minimum absolute atomic E-state index is 0.0109. The second-order valence-corrected chi connectivity index (χ2v) is 9.85. The number of carbonyl (C=O) groups excluding carboxylic acids is 3. The zero-order valence-electron chi connectivity index (χ0n) is 20.6. The maximum Gasteiger partial charge on any atom is 0.408 e. The van der Waals surface area contributed by atoms with Gasteiger partial charge in [0.15, 0.2) is 0 Å². The number of carbonyl (C=O) groups is 3. The molecule has 7 heteroatoms. The molecular weight excluding hydrogens is 406 g/mol. The Balaban J connectivity index is 2.30. The molecule has 1 aromatic rings. The maximum absolute atomic E-state index is 13.5. The van der Waals surface area contributed by atoms with Crippen molar-refractivity contribution in [3.8, 4) is 0 Å². The van der Waals surface area contributed by atoms with Crippen molar-refractivity contribution in [2.24, 2.45) is 0 Å². The molecule has 1 aromatic carbocycles. The average Bonchev–Trinajstić information content (AvgIpc) is 3.48. The number of alkyl carbamates (subject to hydrolysis) is 1. The number of nitrogens with zero attached hydrogens (tertiary/aromatic N) is 1. The fourth-order valence-electron chi connectivity index (χ4n) is 3.84. The number of hydrogen-bond acceptors (Lipinski definition) is 4. The number of hydrogen-bond donors (Lipinski definition) is 2. The molecule has 2 N–H and O–H groups in total. The van der Waals surface area contributed by atoms with E-state index in [1.165, 1.54) is 0 Å². The highest BCUT2D eigenvalue weighted by atomic mass is 16.6. The van der Waals surface area contributed by atoms with Crippen LogP contribution in [-0.4, -0.2) is 47.0 Å². The van der Waals surface area contributed by atoms with Gasteiger partial charge in [-0.1, -0.05) is 37.1 Å². The van der Waals surface area contributed by atoms with Gasteiger partial charge in [0, 0.05) is 12.1 Å². The highest BCUT2D eigenvalue weighted by molar-refractivity contribution is 5.91.